The van der Waals surface area contributed by atoms with Crippen molar-refractivity contribution in [3.05, 3.63) is 113 Å². The molecule has 0 bridgehead atoms. The Morgan fingerprint density at radius 2 is 0.868 bits per heavy atom. The van der Waals surface area contributed by atoms with Gasteiger partial charge in [0.05, 0.1) is 10.6 Å². The normalized spacial score (nSPS) is 12.3. The molecule has 0 saturated carbocycles. The monoisotopic (exact) mass is 546 g/mol. The van der Waals surface area contributed by atoms with Crippen molar-refractivity contribution in [2.24, 2.45) is 0 Å². The van der Waals surface area contributed by atoms with Gasteiger partial charge in [-0.15, -0.1) is 0 Å². The minimum atomic E-state index is -5.75. The lowest BCUT2D eigenvalue weighted by molar-refractivity contribution is 0.458. The summed E-state index contributed by atoms with van der Waals surface area (Å²) in [5, 5.41) is -1.64. The summed E-state index contributed by atoms with van der Waals surface area (Å²) >= 11 is 0. The first-order valence-electron chi connectivity index (χ1n) is 11.0. The van der Waals surface area contributed by atoms with E-state index >= 15 is 17.6 Å². The maximum atomic E-state index is 15.2. The highest BCUT2D eigenvalue weighted by atomic mass is 31.2. The first-order chi connectivity index (χ1) is 18.1. The standard InChI is InChI=1S/C28H11F8OP/c29-16-10-17(30)24(34)27(23(16)33)38(37,28-25(35)18(31)11-19(32)26(28)36)20-9-7-14-5-4-12-2-1-3-13-6-8-15(20)22(14)21(12)13/h1-11H. The highest BCUT2D eigenvalue weighted by Crippen LogP contribution is 2.49. The summed E-state index contributed by atoms with van der Waals surface area (Å²) in [5.74, 6) is -17.0. The highest BCUT2D eigenvalue weighted by molar-refractivity contribution is 7.85. The third-order valence-corrected chi connectivity index (χ3v) is 9.77. The average molecular weight is 546 g/mol. The molecule has 0 fully saturated rings. The van der Waals surface area contributed by atoms with E-state index in [1.54, 1.807) is 30.3 Å². The van der Waals surface area contributed by atoms with Gasteiger partial charge in [0.2, 0.25) is 0 Å². The summed E-state index contributed by atoms with van der Waals surface area (Å²) in [4.78, 5) is 0. The van der Waals surface area contributed by atoms with E-state index in [0.717, 1.165) is 6.07 Å². The summed E-state index contributed by atoms with van der Waals surface area (Å²) in [6.07, 6.45) is 0. The predicted octanol–water partition coefficient (Wildman–Crippen LogP) is 7.34. The molecule has 6 aromatic rings. The van der Waals surface area contributed by atoms with Crippen LogP contribution < -0.4 is 15.9 Å². The van der Waals surface area contributed by atoms with Gasteiger partial charge in [-0.05, 0) is 38.4 Å². The van der Waals surface area contributed by atoms with Crippen LogP contribution in [0.5, 0.6) is 0 Å². The Morgan fingerprint density at radius 1 is 0.474 bits per heavy atom. The number of halogens is 8. The van der Waals surface area contributed by atoms with E-state index in [0.29, 0.717) is 26.9 Å². The van der Waals surface area contributed by atoms with Crippen LogP contribution in [0.3, 0.4) is 0 Å². The van der Waals surface area contributed by atoms with Crippen molar-refractivity contribution in [1.82, 2.24) is 0 Å². The Balaban J connectivity index is 1.89. The summed E-state index contributed by atoms with van der Waals surface area (Å²) in [7, 11) is -5.75. The second-order valence-electron chi connectivity index (χ2n) is 8.68. The first kappa shape index (κ1) is 24.4. The molecule has 0 spiro atoms. The van der Waals surface area contributed by atoms with Gasteiger partial charge in [-0.2, -0.15) is 0 Å². The van der Waals surface area contributed by atoms with Crippen molar-refractivity contribution >= 4 is 55.4 Å². The van der Waals surface area contributed by atoms with Gasteiger partial charge >= 0.3 is 0 Å². The van der Waals surface area contributed by atoms with Crippen LogP contribution in [0.25, 0.3) is 32.3 Å². The predicted molar refractivity (Wildman–Crippen MR) is 129 cm³/mol. The van der Waals surface area contributed by atoms with Gasteiger partial charge in [-0.1, -0.05) is 48.5 Å². The van der Waals surface area contributed by atoms with Crippen molar-refractivity contribution < 1.29 is 39.7 Å². The molecule has 0 N–H and O–H groups in total. The zero-order valence-electron chi connectivity index (χ0n) is 18.7. The third-order valence-electron chi connectivity index (χ3n) is 6.65. The van der Waals surface area contributed by atoms with Crippen LogP contribution in [0.15, 0.2) is 66.7 Å². The zero-order chi connectivity index (χ0) is 27.1. The molecule has 0 aliphatic rings. The van der Waals surface area contributed by atoms with Gasteiger partial charge in [0, 0.05) is 17.4 Å². The summed E-state index contributed by atoms with van der Waals surface area (Å²) in [6, 6.07) is 13.6. The van der Waals surface area contributed by atoms with Crippen molar-refractivity contribution in [1.29, 1.82) is 0 Å². The lowest BCUT2D eigenvalue weighted by atomic mass is 9.94. The van der Waals surface area contributed by atoms with Crippen LogP contribution in [-0.2, 0) is 4.57 Å². The van der Waals surface area contributed by atoms with Crippen LogP contribution in [0.2, 0.25) is 0 Å². The maximum absolute atomic E-state index is 15.2. The number of rotatable bonds is 3. The molecule has 0 aromatic heterocycles. The van der Waals surface area contributed by atoms with Gasteiger partial charge in [-0.3, -0.25) is 0 Å². The van der Waals surface area contributed by atoms with E-state index in [1.165, 1.54) is 18.2 Å². The van der Waals surface area contributed by atoms with E-state index in [2.05, 4.69) is 0 Å². The number of hydrogen-bond donors (Lipinski definition) is 0. The molecule has 10 heteroatoms. The molecule has 0 radical (unpaired) electrons. The number of hydrogen-bond acceptors (Lipinski definition) is 1. The molecular weight excluding hydrogens is 535 g/mol. The smallest absolute Gasteiger partial charge is 0.183 e. The van der Waals surface area contributed by atoms with Gasteiger partial charge in [0.25, 0.3) is 0 Å². The molecule has 0 saturated heterocycles. The molecule has 0 amide bonds. The van der Waals surface area contributed by atoms with Crippen molar-refractivity contribution in [2.45, 2.75) is 0 Å². The molecule has 6 rings (SSSR count). The van der Waals surface area contributed by atoms with Crippen LogP contribution in [0.4, 0.5) is 35.1 Å². The fourth-order valence-corrected chi connectivity index (χ4v) is 8.07. The highest BCUT2D eigenvalue weighted by Gasteiger charge is 2.45. The molecular formula is C28H11F8OP. The minimum Gasteiger partial charge on any atom is -0.308 e. The van der Waals surface area contributed by atoms with Gasteiger partial charge in [0.1, 0.15) is 0 Å². The van der Waals surface area contributed by atoms with E-state index in [1.807, 2.05) is 0 Å². The van der Waals surface area contributed by atoms with Gasteiger partial charge < -0.3 is 4.57 Å². The molecule has 1 nitrogen and oxygen atoms in total. The third kappa shape index (κ3) is 3.14. The Kier molecular flexibility index (Phi) is 5.30. The largest absolute Gasteiger partial charge is 0.308 e. The molecule has 190 valence electrons. The second kappa shape index (κ2) is 8.27. The Labute approximate surface area is 208 Å². The lowest BCUT2D eigenvalue weighted by Crippen LogP contribution is -2.35. The maximum Gasteiger partial charge on any atom is 0.183 e. The summed E-state index contributed by atoms with van der Waals surface area (Å²) in [5.41, 5.74) is 0. The van der Waals surface area contributed by atoms with E-state index in [-0.39, 0.29) is 17.5 Å². The van der Waals surface area contributed by atoms with Crippen LogP contribution in [0.1, 0.15) is 0 Å². The van der Waals surface area contributed by atoms with E-state index in [9.17, 15) is 22.1 Å². The summed E-state index contributed by atoms with van der Waals surface area (Å²) < 4.78 is 133. The topological polar surface area (TPSA) is 17.1 Å². The van der Waals surface area contributed by atoms with Crippen LogP contribution >= 0.6 is 7.14 Å². The molecule has 6 aromatic carbocycles. The Morgan fingerprint density at radius 3 is 1.34 bits per heavy atom. The van der Waals surface area contributed by atoms with E-state index < -0.39 is 69.6 Å². The molecule has 0 heterocycles. The minimum absolute atomic E-state index is 0.0536. The molecule has 38 heavy (non-hydrogen) atoms. The Bertz CT molecular complexity index is 1870. The van der Waals surface area contributed by atoms with E-state index in [4.69, 9.17) is 0 Å². The van der Waals surface area contributed by atoms with Crippen molar-refractivity contribution in [3.8, 4) is 0 Å². The first-order valence-corrected chi connectivity index (χ1v) is 12.7. The van der Waals surface area contributed by atoms with Crippen LogP contribution in [-0.4, -0.2) is 0 Å². The van der Waals surface area contributed by atoms with Crippen molar-refractivity contribution in [3.63, 3.8) is 0 Å². The SMILES string of the molecule is O=P(c1c(F)c(F)cc(F)c1F)(c1c(F)c(F)cc(F)c1F)c1ccc2ccc3cccc4ccc1c2c34. The molecule has 0 aliphatic carbocycles. The fourth-order valence-electron chi connectivity index (χ4n) is 5.02. The zero-order valence-corrected chi connectivity index (χ0v) is 19.6. The summed E-state index contributed by atoms with van der Waals surface area (Å²) in [6.45, 7) is 0. The molecule has 0 unspecified atom stereocenters. The van der Waals surface area contributed by atoms with Gasteiger partial charge in [-0.25, -0.2) is 35.1 Å². The molecule has 0 atom stereocenters. The second-order valence-corrected chi connectivity index (χ2v) is 11.3. The Hall–Kier alpha value is -3.97. The fraction of sp³-hybridized carbons (Fsp3) is 0. The lowest BCUT2D eigenvalue weighted by Gasteiger charge is -2.25. The average Bonchev–Trinajstić information content (AvgIpc) is 2.89. The molecule has 0 aliphatic heterocycles. The van der Waals surface area contributed by atoms with Crippen LogP contribution in [0, 0.1) is 46.5 Å². The van der Waals surface area contributed by atoms with Crippen molar-refractivity contribution in [2.75, 3.05) is 0 Å². The quantitative estimate of drug-likeness (QED) is 0.0983. The number of benzene rings is 6. The van der Waals surface area contributed by atoms with Gasteiger partial charge in [0.15, 0.2) is 53.7 Å².